The normalized spacial score (nSPS) is 16.4. The van der Waals surface area contributed by atoms with E-state index in [0.717, 1.165) is 42.2 Å². The SMILES string of the molecule is CCNc1nc(-c2ccc(S(=O)(=O)N3CCCCC3)cc2)cs1. The van der Waals surface area contributed by atoms with E-state index in [9.17, 15) is 8.42 Å². The van der Waals surface area contributed by atoms with Gasteiger partial charge in [0, 0.05) is 30.6 Å². The van der Waals surface area contributed by atoms with Crippen molar-refractivity contribution in [2.75, 3.05) is 25.0 Å². The lowest BCUT2D eigenvalue weighted by Gasteiger charge is -2.25. The number of rotatable bonds is 5. The summed E-state index contributed by atoms with van der Waals surface area (Å²) in [5, 5.41) is 6.04. The van der Waals surface area contributed by atoms with Crippen LogP contribution in [-0.4, -0.2) is 37.3 Å². The van der Waals surface area contributed by atoms with Crippen LogP contribution in [0.4, 0.5) is 5.13 Å². The number of aromatic nitrogens is 1. The molecule has 0 unspecified atom stereocenters. The quantitative estimate of drug-likeness (QED) is 0.896. The molecule has 1 aromatic heterocycles. The topological polar surface area (TPSA) is 62.3 Å². The van der Waals surface area contributed by atoms with Crippen molar-refractivity contribution in [1.29, 1.82) is 0 Å². The maximum absolute atomic E-state index is 12.6. The molecule has 0 spiro atoms. The van der Waals surface area contributed by atoms with E-state index in [0.29, 0.717) is 18.0 Å². The number of anilines is 1. The third-order valence-electron chi connectivity index (χ3n) is 3.94. The number of hydrogen-bond acceptors (Lipinski definition) is 5. The van der Waals surface area contributed by atoms with Crippen molar-refractivity contribution in [3.8, 4) is 11.3 Å². The number of nitrogens with zero attached hydrogens (tertiary/aromatic N) is 2. The van der Waals surface area contributed by atoms with Gasteiger partial charge < -0.3 is 5.32 Å². The summed E-state index contributed by atoms with van der Waals surface area (Å²) in [5.41, 5.74) is 1.80. The second kappa shape index (κ2) is 6.98. The fourth-order valence-electron chi connectivity index (χ4n) is 2.69. The Hall–Kier alpha value is -1.44. The monoisotopic (exact) mass is 351 g/mol. The molecule has 1 aliphatic rings. The van der Waals surface area contributed by atoms with Gasteiger partial charge in [-0.15, -0.1) is 11.3 Å². The third kappa shape index (κ3) is 3.57. The summed E-state index contributed by atoms with van der Waals surface area (Å²) < 4.78 is 26.8. The molecule has 3 rings (SSSR count). The second-order valence-electron chi connectivity index (χ2n) is 5.56. The van der Waals surface area contributed by atoms with Gasteiger partial charge >= 0.3 is 0 Å². The van der Waals surface area contributed by atoms with Crippen LogP contribution >= 0.6 is 11.3 Å². The standard InChI is InChI=1S/C16H21N3O2S2/c1-2-17-16-18-15(12-22-16)13-6-8-14(9-7-13)23(20,21)19-10-4-3-5-11-19/h6-9,12H,2-5,10-11H2,1H3,(H,17,18). The Morgan fingerprint density at radius 2 is 1.87 bits per heavy atom. The van der Waals surface area contributed by atoms with E-state index in [4.69, 9.17) is 0 Å². The van der Waals surface area contributed by atoms with Gasteiger partial charge in [-0.1, -0.05) is 18.6 Å². The van der Waals surface area contributed by atoms with E-state index in [1.165, 1.54) is 0 Å². The molecule has 124 valence electrons. The highest BCUT2D eigenvalue weighted by Gasteiger charge is 2.25. The smallest absolute Gasteiger partial charge is 0.243 e. The molecule has 0 aliphatic carbocycles. The summed E-state index contributed by atoms with van der Waals surface area (Å²) in [6.45, 7) is 4.12. The van der Waals surface area contributed by atoms with Crippen LogP contribution in [0.1, 0.15) is 26.2 Å². The lowest BCUT2D eigenvalue weighted by molar-refractivity contribution is 0.346. The Labute approximate surface area is 141 Å². The molecule has 7 heteroatoms. The molecule has 0 saturated carbocycles. The largest absolute Gasteiger partial charge is 0.362 e. The van der Waals surface area contributed by atoms with Crippen LogP contribution in [0.15, 0.2) is 34.5 Å². The average molecular weight is 351 g/mol. The van der Waals surface area contributed by atoms with Gasteiger partial charge in [0.05, 0.1) is 10.6 Å². The Morgan fingerprint density at radius 3 is 2.52 bits per heavy atom. The van der Waals surface area contributed by atoms with E-state index in [1.807, 2.05) is 24.4 Å². The van der Waals surface area contributed by atoms with Crippen LogP contribution in [0.3, 0.4) is 0 Å². The molecular weight excluding hydrogens is 330 g/mol. The fraction of sp³-hybridized carbons (Fsp3) is 0.438. The number of benzene rings is 1. The highest BCUT2D eigenvalue weighted by atomic mass is 32.2. The third-order valence-corrected chi connectivity index (χ3v) is 6.65. The molecule has 5 nitrogen and oxygen atoms in total. The minimum absolute atomic E-state index is 0.366. The zero-order valence-electron chi connectivity index (χ0n) is 13.2. The molecule has 0 atom stereocenters. The van der Waals surface area contributed by atoms with Crippen molar-refractivity contribution in [1.82, 2.24) is 9.29 Å². The number of nitrogens with one attached hydrogen (secondary N) is 1. The van der Waals surface area contributed by atoms with Crippen LogP contribution in [0.5, 0.6) is 0 Å². The number of thiazole rings is 1. The van der Waals surface area contributed by atoms with Gasteiger partial charge in [0.25, 0.3) is 0 Å². The van der Waals surface area contributed by atoms with E-state index >= 15 is 0 Å². The Kier molecular flexibility index (Phi) is 4.99. The molecule has 23 heavy (non-hydrogen) atoms. The van der Waals surface area contributed by atoms with Crippen molar-refractivity contribution in [3.63, 3.8) is 0 Å². The molecule has 1 fully saturated rings. The summed E-state index contributed by atoms with van der Waals surface area (Å²) in [6.07, 6.45) is 3.01. The van der Waals surface area contributed by atoms with Crippen LogP contribution < -0.4 is 5.32 Å². The van der Waals surface area contributed by atoms with Gasteiger partial charge in [-0.3, -0.25) is 0 Å². The van der Waals surface area contributed by atoms with Crippen LogP contribution in [-0.2, 0) is 10.0 Å². The van der Waals surface area contributed by atoms with E-state index in [2.05, 4.69) is 10.3 Å². The molecule has 2 aromatic rings. The van der Waals surface area contributed by atoms with Crippen LogP contribution in [0.2, 0.25) is 0 Å². The summed E-state index contributed by atoms with van der Waals surface area (Å²) in [6, 6.07) is 7.04. The maximum atomic E-state index is 12.6. The Balaban J connectivity index is 1.80. The van der Waals surface area contributed by atoms with Gasteiger partial charge in [0.1, 0.15) is 0 Å². The lowest BCUT2D eigenvalue weighted by atomic mass is 10.2. The number of hydrogen-bond donors (Lipinski definition) is 1. The first-order valence-corrected chi connectivity index (χ1v) is 10.2. The Bertz CT molecular complexity index is 748. The first kappa shape index (κ1) is 16.4. The van der Waals surface area contributed by atoms with E-state index in [-0.39, 0.29) is 0 Å². The summed E-state index contributed by atoms with van der Waals surface area (Å²) in [4.78, 5) is 4.87. The second-order valence-corrected chi connectivity index (χ2v) is 8.35. The van der Waals surface area contributed by atoms with Crippen molar-refractivity contribution in [3.05, 3.63) is 29.6 Å². The maximum Gasteiger partial charge on any atom is 0.243 e. The average Bonchev–Trinajstić information content (AvgIpc) is 3.05. The minimum Gasteiger partial charge on any atom is -0.362 e. The van der Waals surface area contributed by atoms with E-state index in [1.54, 1.807) is 27.8 Å². The van der Waals surface area contributed by atoms with Crippen LogP contribution in [0.25, 0.3) is 11.3 Å². The molecule has 1 aromatic carbocycles. The van der Waals surface area contributed by atoms with E-state index < -0.39 is 10.0 Å². The molecule has 1 saturated heterocycles. The van der Waals surface area contributed by atoms with Crippen molar-refractivity contribution in [2.45, 2.75) is 31.1 Å². The molecule has 0 radical (unpaired) electrons. The summed E-state index contributed by atoms with van der Waals surface area (Å²) in [5.74, 6) is 0. The molecule has 1 aliphatic heterocycles. The predicted molar refractivity (Wildman–Crippen MR) is 94.3 cm³/mol. The predicted octanol–water partition coefficient (Wildman–Crippen LogP) is 3.42. The zero-order chi connectivity index (χ0) is 16.3. The van der Waals surface area contributed by atoms with Crippen molar-refractivity contribution < 1.29 is 8.42 Å². The van der Waals surface area contributed by atoms with Crippen LogP contribution in [0, 0.1) is 0 Å². The first-order chi connectivity index (χ1) is 11.1. The van der Waals surface area contributed by atoms with Gasteiger partial charge in [-0.2, -0.15) is 4.31 Å². The van der Waals surface area contributed by atoms with Gasteiger partial charge in [-0.05, 0) is 31.9 Å². The highest BCUT2D eigenvalue weighted by molar-refractivity contribution is 7.89. The molecule has 1 N–H and O–H groups in total. The van der Waals surface area contributed by atoms with Gasteiger partial charge in [0.2, 0.25) is 10.0 Å². The van der Waals surface area contributed by atoms with Crippen molar-refractivity contribution in [2.24, 2.45) is 0 Å². The molecule has 2 heterocycles. The van der Waals surface area contributed by atoms with Crippen molar-refractivity contribution >= 4 is 26.5 Å². The molecule has 0 amide bonds. The minimum atomic E-state index is -3.36. The summed E-state index contributed by atoms with van der Waals surface area (Å²) in [7, 11) is -3.36. The summed E-state index contributed by atoms with van der Waals surface area (Å²) >= 11 is 1.55. The first-order valence-electron chi connectivity index (χ1n) is 7.91. The number of sulfonamides is 1. The molecular formula is C16H21N3O2S2. The van der Waals surface area contributed by atoms with Gasteiger partial charge in [0.15, 0.2) is 5.13 Å². The highest BCUT2D eigenvalue weighted by Crippen LogP contribution is 2.27. The van der Waals surface area contributed by atoms with Gasteiger partial charge in [-0.25, -0.2) is 13.4 Å². The number of piperidine rings is 1. The zero-order valence-corrected chi connectivity index (χ0v) is 14.8. The fourth-order valence-corrected chi connectivity index (χ4v) is 5.00. The molecule has 0 bridgehead atoms. The Morgan fingerprint density at radius 1 is 1.17 bits per heavy atom. The lowest BCUT2D eigenvalue weighted by Crippen LogP contribution is -2.35.